The molecule has 148 valence electrons. The summed E-state index contributed by atoms with van der Waals surface area (Å²) in [4.78, 5) is 29.6. The van der Waals surface area contributed by atoms with Gasteiger partial charge in [-0.2, -0.15) is 0 Å². The molecule has 2 N–H and O–H groups in total. The van der Waals surface area contributed by atoms with Crippen LogP contribution in [0.25, 0.3) is 0 Å². The summed E-state index contributed by atoms with van der Waals surface area (Å²) in [6, 6.07) is 8.77. The average Bonchev–Trinajstić information content (AvgIpc) is 2.63. The van der Waals surface area contributed by atoms with Crippen LogP contribution in [0.2, 0.25) is 0 Å². The van der Waals surface area contributed by atoms with Crippen molar-refractivity contribution in [3.63, 3.8) is 0 Å². The van der Waals surface area contributed by atoms with Gasteiger partial charge in [0.2, 0.25) is 0 Å². The molecule has 1 saturated carbocycles. The molecule has 0 spiro atoms. The van der Waals surface area contributed by atoms with Gasteiger partial charge in [0.15, 0.2) is 0 Å². The van der Waals surface area contributed by atoms with E-state index < -0.39 is 5.97 Å². The number of nitrogens with one attached hydrogen (secondary N) is 1. The van der Waals surface area contributed by atoms with Crippen LogP contribution in [0.3, 0.4) is 0 Å². The van der Waals surface area contributed by atoms with E-state index in [2.05, 4.69) is 35.3 Å². The van der Waals surface area contributed by atoms with Crippen molar-refractivity contribution < 1.29 is 14.7 Å². The number of hydrogen-bond donors (Lipinski definition) is 2. The maximum absolute atomic E-state index is 12.5. The number of piperazine rings is 1. The summed E-state index contributed by atoms with van der Waals surface area (Å²) >= 11 is 0. The third-order valence-electron chi connectivity index (χ3n) is 5.72. The van der Waals surface area contributed by atoms with Gasteiger partial charge in [0.1, 0.15) is 0 Å². The van der Waals surface area contributed by atoms with Gasteiger partial charge in [-0.3, -0.25) is 9.69 Å². The molecule has 2 fully saturated rings. The summed E-state index contributed by atoms with van der Waals surface area (Å²) in [6.45, 7) is 8.00. The molecule has 1 heterocycles. The molecule has 7 nitrogen and oxygen atoms in total. The molecule has 2 amide bonds. The minimum atomic E-state index is -0.796. The van der Waals surface area contributed by atoms with E-state index in [1.807, 2.05) is 22.8 Å². The van der Waals surface area contributed by atoms with E-state index in [0.29, 0.717) is 0 Å². The van der Waals surface area contributed by atoms with Gasteiger partial charge in [-0.25, -0.2) is 4.79 Å². The lowest BCUT2D eigenvalue weighted by Crippen LogP contribution is -2.59. The quantitative estimate of drug-likeness (QED) is 0.794. The Balaban J connectivity index is 1.42. The van der Waals surface area contributed by atoms with Crippen LogP contribution < -0.4 is 10.2 Å². The number of urea groups is 1. The first-order valence-electron chi connectivity index (χ1n) is 9.79. The topological polar surface area (TPSA) is 76.1 Å². The fraction of sp³-hybridized carbons (Fsp3) is 0.600. The normalized spacial score (nSPS) is 22.5. The van der Waals surface area contributed by atoms with Gasteiger partial charge < -0.3 is 20.2 Å². The number of aliphatic carboxylic acids is 1. The van der Waals surface area contributed by atoms with E-state index >= 15 is 0 Å². The number of carboxylic acids is 1. The Labute approximate surface area is 160 Å². The molecule has 0 aromatic heterocycles. The molecule has 3 rings (SSSR count). The largest absolute Gasteiger partial charge is 0.480 e. The van der Waals surface area contributed by atoms with Crippen LogP contribution in [0, 0.1) is 6.92 Å². The smallest absolute Gasteiger partial charge is 0.317 e. The zero-order valence-corrected chi connectivity index (χ0v) is 16.2. The van der Waals surface area contributed by atoms with E-state index in [-0.39, 0.29) is 24.7 Å². The summed E-state index contributed by atoms with van der Waals surface area (Å²) in [5.41, 5.74) is 2.51. The minimum absolute atomic E-state index is 0.00386. The van der Waals surface area contributed by atoms with Crippen molar-refractivity contribution in [1.29, 1.82) is 0 Å². The van der Waals surface area contributed by atoms with E-state index in [0.717, 1.165) is 45.6 Å². The predicted octanol–water partition coefficient (Wildman–Crippen LogP) is 1.76. The summed E-state index contributed by atoms with van der Waals surface area (Å²) in [7, 11) is 0. The molecule has 1 aliphatic heterocycles. The number of amides is 2. The Kier molecular flexibility index (Phi) is 6.21. The number of rotatable bonds is 6. The molecule has 1 aromatic carbocycles. The number of nitrogens with zero attached hydrogens (tertiary/aromatic N) is 3. The van der Waals surface area contributed by atoms with Gasteiger partial charge in [0.25, 0.3) is 0 Å². The standard InChI is InChI=1S/C20H30N4O3/c1-3-22(14-19(25)26)17-12-16(13-17)21-20(27)24-10-8-23(9-11-24)18-7-5-4-6-15(18)2/h4-7,16-17H,3,8-14H2,1-2H3,(H,21,27)(H,25,26). The highest BCUT2D eigenvalue weighted by atomic mass is 16.4. The van der Waals surface area contributed by atoms with Crippen LogP contribution in [-0.2, 0) is 4.79 Å². The van der Waals surface area contributed by atoms with E-state index in [9.17, 15) is 9.59 Å². The second-order valence-corrected chi connectivity index (χ2v) is 7.49. The van der Waals surface area contributed by atoms with Crippen molar-refractivity contribution in [2.75, 3.05) is 44.2 Å². The summed E-state index contributed by atoms with van der Waals surface area (Å²) in [5, 5.41) is 12.1. The van der Waals surface area contributed by atoms with Crippen molar-refractivity contribution in [2.24, 2.45) is 0 Å². The third-order valence-corrected chi connectivity index (χ3v) is 5.72. The summed E-state index contributed by atoms with van der Waals surface area (Å²) < 4.78 is 0. The molecule has 1 aliphatic carbocycles. The lowest BCUT2D eigenvalue weighted by Gasteiger charge is -2.43. The Hall–Kier alpha value is -2.28. The number of hydrogen-bond acceptors (Lipinski definition) is 4. The van der Waals surface area contributed by atoms with Gasteiger partial charge >= 0.3 is 12.0 Å². The molecule has 7 heteroatoms. The molecule has 2 aliphatic rings. The highest BCUT2D eigenvalue weighted by Crippen LogP contribution is 2.26. The molecule has 0 unspecified atom stereocenters. The van der Waals surface area contributed by atoms with Gasteiger partial charge in [-0.1, -0.05) is 25.1 Å². The summed E-state index contributed by atoms with van der Waals surface area (Å²) in [6.07, 6.45) is 1.66. The van der Waals surface area contributed by atoms with Crippen molar-refractivity contribution in [2.45, 2.75) is 38.8 Å². The van der Waals surface area contributed by atoms with Gasteiger partial charge in [-0.05, 0) is 37.9 Å². The zero-order valence-electron chi connectivity index (χ0n) is 16.2. The first-order valence-corrected chi connectivity index (χ1v) is 9.79. The number of aryl methyl sites for hydroxylation is 1. The SMILES string of the molecule is CCN(CC(=O)O)C1CC(NC(=O)N2CCN(c3ccccc3C)CC2)C1. The van der Waals surface area contributed by atoms with Gasteiger partial charge in [0, 0.05) is 44.0 Å². The number of anilines is 1. The van der Waals surface area contributed by atoms with Crippen molar-refractivity contribution in [1.82, 2.24) is 15.1 Å². The second kappa shape index (κ2) is 8.61. The van der Waals surface area contributed by atoms with Crippen molar-refractivity contribution >= 4 is 17.7 Å². The molecule has 27 heavy (non-hydrogen) atoms. The van der Waals surface area contributed by atoms with Crippen molar-refractivity contribution in [3.05, 3.63) is 29.8 Å². The number of para-hydroxylation sites is 1. The van der Waals surface area contributed by atoms with Gasteiger partial charge in [-0.15, -0.1) is 0 Å². The summed E-state index contributed by atoms with van der Waals surface area (Å²) in [5.74, 6) is -0.796. The van der Waals surface area contributed by atoms with Crippen LogP contribution in [0.4, 0.5) is 10.5 Å². The average molecular weight is 374 g/mol. The van der Waals surface area contributed by atoms with E-state index in [1.54, 1.807) is 0 Å². The predicted molar refractivity (Wildman–Crippen MR) is 105 cm³/mol. The number of benzene rings is 1. The fourth-order valence-corrected chi connectivity index (χ4v) is 4.01. The Bertz CT molecular complexity index is 667. The van der Waals surface area contributed by atoms with Crippen LogP contribution in [0.1, 0.15) is 25.3 Å². The van der Waals surface area contributed by atoms with Crippen molar-refractivity contribution in [3.8, 4) is 0 Å². The number of carbonyl (C=O) groups excluding carboxylic acids is 1. The van der Waals surface area contributed by atoms with Crippen LogP contribution in [-0.4, -0.2) is 78.3 Å². The Morgan fingerprint density at radius 3 is 2.44 bits per heavy atom. The molecule has 0 bridgehead atoms. The number of likely N-dealkylation sites (N-methyl/N-ethyl adjacent to an activating group) is 1. The highest BCUT2D eigenvalue weighted by Gasteiger charge is 2.35. The molecular formula is C20H30N4O3. The zero-order chi connectivity index (χ0) is 19.4. The first kappa shape index (κ1) is 19.5. The van der Waals surface area contributed by atoms with Crippen LogP contribution >= 0.6 is 0 Å². The third kappa shape index (κ3) is 4.71. The Morgan fingerprint density at radius 1 is 1.19 bits per heavy atom. The Morgan fingerprint density at radius 2 is 1.85 bits per heavy atom. The van der Waals surface area contributed by atoms with Crippen LogP contribution in [0.15, 0.2) is 24.3 Å². The van der Waals surface area contributed by atoms with Gasteiger partial charge in [0.05, 0.1) is 6.54 Å². The minimum Gasteiger partial charge on any atom is -0.480 e. The highest BCUT2D eigenvalue weighted by molar-refractivity contribution is 5.75. The molecular weight excluding hydrogens is 344 g/mol. The molecule has 1 aromatic rings. The lowest BCUT2D eigenvalue weighted by molar-refractivity contribution is -0.139. The first-order chi connectivity index (χ1) is 13.0. The maximum atomic E-state index is 12.5. The monoisotopic (exact) mass is 374 g/mol. The van der Waals surface area contributed by atoms with Crippen LogP contribution in [0.5, 0.6) is 0 Å². The van der Waals surface area contributed by atoms with E-state index in [4.69, 9.17) is 5.11 Å². The number of carbonyl (C=O) groups is 2. The molecule has 1 saturated heterocycles. The maximum Gasteiger partial charge on any atom is 0.317 e. The second-order valence-electron chi connectivity index (χ2n) is 7.49. The molecule has 0 atom stereocenters. The molecule has 0 radical (unpaired) electrons. The fourth-order valence-electron chi connectivity index (χ4n) is 4.01. The van der Waals surface area contributed by atoms with E-state index in [1.165, 1.54) is 11.3 Å². The number of carboxylic acid groups (broad SMARTS) is 1. The lowest BCUT2D eigenvalue weighted by atomic mass is 9.85.